The molecule has 0 bridgehead atoms. The monoisotopic (exact) mass is 366 g/mol. The van der Waals surface area contributed by atoms with E-state index in [2.05, 4.69) is 5.32 Å². The van der Waals surface area contributed by atoms with Gasteiger partial charge in [0.05, 0.1) is 18.9 Å². The molecule has 0 saturated carbocycles. The largest absolute Gasteiger partial charge is 0.490 e. The lowest BCUT2D eigenvalue weighted by molar-refractivity contribution is -0.121. The Morgan fingerprint density at radius 1 is 0.889 bits per heavy atom. The van der Waals surface area contributed by atoms with Gasteiger partial charge < -0.3 is 14.8 Å². The number of anilines is 2. The van der Waals surface area contributed by atoms with E-state index in [1.165, 1.54) is 0 Å². The fourth-order valence-electron chi connectivity index (χ4n) is 3.07. The Bertz CT molecular complexity index is 891. The number of imide groups is 1. The van der Waals surface area contributed by atoms with Crippen LogP contribution in [0.1, 0.15) is 29.6 Å². The van der Waals surface area contributed by atoms with Gasteiger partial charge in [0.15, 0.2) is 11.5 Å². The molecule has 0 unspecified atom stereocenters. The molecule has 2 aromatic carbocycles. The van der Waals surface area contributed by atoms with Crippen molar-refractivity contribution in [1.82, 2.24) is 0 Å². The zero-order chi connectivity index (χ0) is 18.8. The Kier molecular flexibility index (Phi) is 4.50. The Morgan fingerprint density at radius 3 is 2.26 bits per heavy atom. The van der Waals surface area contributed by atoms with Gasteiger partial charge in [0.2, 0.25) is 11.8 Å². The zero-order valence-electron chi connectivity index (χ0n) is 14.6. The van der Waals surface area contributed by atoms with Crippen molar-refractivity contribution in [2.45, 2.75) is 19.3 Å². The van der Waals surface area contributed by atoms with Crippen LogP contribution in [0, 0.1) is 0 Å². The molecule has 1 N–H and O–H groups in total. The molecule has 27 heavy (non-hydrogen) atoms. The van der Waals surface area contributed by atoms with E-state index in [4.69, 9.17) is 9.47 Å². The van der Waals surface area contributed by atoms with Crippen molar-refractivity contribution in [2.75, 3.05) is 23.4 Å². The number of fused-ring (bicyclic) bond motifs is 1. The van der Waals surface area contributed by atoms with Gasteiger partial charge >= 0.3 is 0 Å². The fourth-order valence-corrected chi connectivity index (χ4v) is 3.07. The highest BCUT2D eigenvalue weighted by atomic mass is 16.5. The first-order valence-electron chi connectivity index (χ1n) is 8.79. The molecule has 0 atom stereocenters. The van der Waals surface area contributed by atoms with Crippen LogP contribution in [0.5, 0.6) is 11.5 Å². The molecule has 3 amide bonds. The SMILES string of the molecule is O=C(Nc1ccc2c(c1)OCCCO2)c1ccc(N2C(=O)CCC2=O)cc1. The van der Waals surface area contributed by atoms with E-state index in [0.717, 1.165) is 11.3 Å². The maximum atomic E-state index is 12.5. The summed E-state index contributed by atoms with van der Waals surface area (Å²) in [5.74, 6) is 0.533. The number of ether oxygens (including phenoxy) is 2. The molecule has 0 radical (unpaired) electrons. The Balaban J connectivity index is 1.48. The third kappa shape index (κ3) is 3.48. The summed E-state index contributed by atoms with van der Waals surface area (Å²) in [6.07, 6.45) is 1.26. The van der Waals surface area contributed by atoms with Crippen molar-refractivity contribution in [3.8, 4) is 11.5 Å². The molecular formula is C20H18N2O5. The van der Waals surface area contributed by atoms with Gasteiger partial charge in [0, 0.05) is 36.6 Å². The van der Waals surface area contributed by atoms with Crippen molar-refractivity contribution < 1.29 is 23.9 Å². The summed E-state index contributed by atoms with van der Waals surface area (Å²) in [6.45, 7) is 1.17. The van der Waals surface area contributed by atoms with E-state index in [9.17, 15) is 14.4 Å². The summed E-state index contributed by atoms with van der Waals surface area (Å²) in [7, 11) is 0. The Labute approximate surface area is 155 Å². The highest BCUT2D eigenvalue weighted by Crippen LogP contribution is 2.32. The maximum absolute atomic E-state index is 12.5. The van der Waals surface area contributed by atoms with Crippen LogP contribution < -0.4 is 19.7 Å². The standard InChI is InChI=1S/C20H18N2O5/c23-18-8-9-19(24)22(18)15-5-2-13(3-6-15)20(25)21-14-4-7-16-17(12-14)27-11-1-10-26-16/h2-7,12H,1,8-11H2,(H,21,25). The maximum Gasteiger partial charge on any atom is 0.255 e. The molecule has 0 aromatic heterocycles. The molecule has 1 fully saturated rings. The van der Waals surface area contributed by atoms with Crippen molar-refractivity contribution in [3.05, 3.63) is 48.0 Å². The van der Waals surface area contributed by atoms with E-state index < -0.39 is 0 Å². The second-order valence-electron chi connectivity index (χ2n) is 6.34. The van der Waals surface area contributed by atoms with Gasteiger partial charge in [-0.25, -0.2) is 0 Å². The summed E-state index contributed by atoms with van der Waals surface area (Å²) < 4.78 is 11.2. The quantitative estimate of drug-likeness (QED) is 0.845. The van der Waals surface area contributed by atoms with Crippen LogP contribution in [0.3, 0.4) is 0 Å². The molecule has 7 nitrogen and oxygen atoms in total. The van der Waals surface area contributed by atoms with Gasteiger partial charge in [0.25, 0.3) is 5.91 Å². The second kappa shape index (κ2) is 7.11. The van der Waals surface area contributed by atoms with Crippen molar-refractivity contribution in [1.29, 1.82) is 0 Å². The lowest BCUT2D eigenvalue weighted by atomic mass is 10.1. The lowest BCUT2D eigenvalue weighted by Gasteiger charge is -2.14. The molecule has 4 rings (SSSR count). The van der Waals surface area contributed by atoms with E-state index in [1.54, 1.807) is 42.5 Å². The van der Waals surface area contributed by atoms with Gasteiger partial charge in [-0.15, -0.1) is 0 Å². The summed E-state index contributed by atoms with van der Waals surface area (Å²) >= 11 is 0. The number of amides is 3. The molecule has 2 aromatic rings. The third-order valence-corrected chi connectivity index (χ3v) is 4.44. The summed E-state index contributed by atoms with van der Waals surface area (Å²) in [5, 5.41) is 2.81. The average Bonchev–Trinajstić information content (AvgIpc) is 2.87. The number of nitrogens with zero attached hydrogens (tertiary/aromatic N) is 1. The Morgan fingerprint density at radius 2 is 1.56 bits per heavy atom. The highest BCUT2D eigenvalue weighted by Gasteiger charge is 2.30. The summed E-state index contributed by atoms with van der Waals surface area (Å²) in [4.78, 5) is 37.2. The second-order valence-corrected chi connectivity index (χ2v) is 6.34. The van der Waals surface area contributed by atoms with E-state index in [0.29, 0.717) is 41.7 Å². The van der Waals surface area contributed by atoms with Crippen LogP contribution >= 0.6 is 0 Å². The predicted molar refractivity (Wildman–Crippen MR) is 98.2 cm³/mol. The molecule has 2 aliphatic heterocycles. The number of hydrogen-bond donors (Lipinski definition) is 1. The number of carbonyl (C=O) groups is 3. The van der Waals surface area contributed by atoms with E-state index in [1.807, 2.05) is 0 Å². The zero-order valence-corrected chi connectivity index (χ0v) is 14.6. The van der Waals surface area contributed by atoms with E-state index in [-0.39, 0.29) is 30.6 Å². The average molecular weight is 366 g/mol. The predicted octanol–water partition coefficient (Wildman–Crippen LogP) is 2.75. The van der Waals surface area contributed by atoms with Crippen molar-refractivity contribution in [3.63, 3.8) is 0 Å². The molecule has 0 aliphatic carbocycles. The molecule has 1 saturated heterocycles. The molecular weight excluding hydrogens is 348 g/mol. The molecule has 2 heterocycles. The first-order valence-corrected chi connectivity index (χ1v) is 8.79. The van der Waals surface area contributed by atoms with E-state index >= 15 is 0 Å². The van der Waals surface area contributed by atoms with Gasteiger partial charge in [-0.3, -0.25) is 19.3 Å². The number of hydrogen-bond acceptors (Lipinski definition) is 5. The van der Waals surface area contributed by atoms with Crippen molar-refractivity contribution in [2.24, 2.45) is 0 Å². The minimum Gasteiger partial charge on any atom is -0.490 e. The summed E-state index contributed by atoms with van der Waals surface area (Å²) in [5.41, 5.74) is 1.50. The number of nitrogens with one attached hydrogen (secondary N) is 1. The van der Waals surface area contributed by atoms with Crippen LogP contribution in [0.15, 0.2) is 42.5 Å². The van der Waals surface area contributed by atoms with Gasteiger partial charge in [-0.2, -0.15) is 0 Å². The van der Waals surface area contributed by atoms with Crippen LogP contribution in [0.4, 0.5) is 11.4 Å². The highest BCUT2D eigenvalue weighted by molar-refractivity contribution is 6.20. The van der Waals surface area contributed by atoms with Gasteiger partial charge in [-0.1, -0.05) is 0 Å². The number of rotatable bonds is 3. The van der Waals surface area contributed by atoms with Gasteiger partial charge in [-0.05, 0) is 36.4 Å². The van der Waals surface area contributed by atoms with Crippen LogP contribution in [-0.4, -0.2) is 30.9 Å². The molecule has 138 valence electrons. The topological polar surface area (TPSA) is 84.9 Å². The first kappa shape index (κ1) is 17.1. The van der Waals surface area contributed by atoms with Gasteiger partial charge in [0.1, 0.15) is 0 Å². The molecule has 2 aliphatic rings. The van der Waals surface area contributed by atoms with Crippen molar-refractivity contribution >= 4 is 29.1 Å². The normalized spacial score (nSPS) is 16.2. The van der Waals surface area contributed by atoms with Crippen LogP contribution in [0.2, 0.25) is 0 Å². The number of benzene rings is 2. The van der Waals surface area contributed by atoms with Crippen LogP contribution in [0.25, 0.3) is 0 Å². The Hall–Kier alpha value is -3.35. The molecule has 7 heteroatoms. The third-order valence-electron chi connectivity index (χ3n) is 4.44. The fraction of sp³-hybridized carbons (Fsp3) is 0.250. The smallest absolute Gasteiger partial charge is 0.255 e. The van der Waals surface area contributed by atoms with Crippen LogP contribution in [-0.2, 0) is 9.59 Å². The minimum absolute atomic E-state index is 0.218. The molecule has 0 spiro atoms. The number of carbonyl (C=O) groups excluding carboxylic acids is 3. The first-order chi connectivity index (χ1) is 13.1. The lowest BCUT2D eigenvalue weighted by Crippen LogP contribution is -2.28. The minimum atomic E-state index is -0.296. The summed E-state index contributed by atoms with van der Waals surface area (Å²) in [6, 6.07) is 11.6.